The van der Waals surface area contributed by atoms with Gasteiger partial charge in [-0.2, -0.15) is 5.10 Å². The molecule has 2 aromatic carbocycles. The van der Waals surface area contributed by atoms with Crippen molar-refractivity contribution in [3.63, 3.8) is 0 Å². The Morgan fingerprint density at radius 1 is 1.23 bits per heavy atom. The minimum Gasteiger partial charge on any atom is -0.335 e. The number of thioether (sulfide) groups is 1. The van der Waals surface area contributed by atoms with Gasteiger partial charge in [-0.1, -0.05) is 36.0 Å². The molecule has 2 aromatic rings. The van der Waals surface area contributed by atoms with E-state index in [1.807, 2.05) is 31.2 Å². The maximum Gasteiger partial charge on any atom is 0.294 e. The van der Waals surface area contributed by atoms with Gasteiger partial charge in [0.25, 0.3) is 5.69 Å². The zero-order valence-electron chi connectivity index (χ0n) is 14.3. The van der Waals surface area contributed by atoms with Gasteiger partial charge in [0.05, 0.1) is 10.6 Å². The normalized spacial score (nSPS) is 14.5. The number of hydrogen-bond acceptors (Lipinski definition) is 7. The smallest absolute Gasteiger partial charge is 0.294 e. The summed E-state index contributed by atoms with van der Waals surface area (Å²) in [5.41, 5.74) is 5.78. The van der Waals surface area contributed by atoms with Crippen LogP contribution in [-0.4, -0.2) is 28.1 Å². The van der Waals surface area contributed by atoms with Gasteiger partial charge < -0.3 is 5.32 Å². The summed E-state index contributed by atoms with van der Waals surface area (Å²) < 4.78 is 0. The summed E-state index contributed by atoms with van der Waals surface area (Å²) in [6.45, 7) is 2.72. The SMILES string of the molecule is C/C(=N/Nc1ccccc1[N+](=O)[O-])c1ccc(NC2=NCCCS2)cc1. The standard InChI is InChI=1S/C18H19N5O2S/c1-13(21-22-16-5-2-3-6-17(16)23(24)25)14-7-9-15(10-8-14)20-18-19-11-4-12-26-18/h2-3,5-10,22H,4,11-12H2,1H3,(H,19,20)/b21-13-. The van der Waals surface area contributed by atoms with Crippen molar-refractivity contribution in [2.75, 3.05) is 23.0 Å². The molecule has 0 saturated carbocycles. The van der Waals surface area contributed by atoms with Gasteiger partial charge in [-0.05, 0) is 37.1 Å². The Hall–Kier alpha value is -2.87. The highest BCUT2D eigenvalue weighted by molar-refractivity contribution is 8.14. The first-order valence-corrected chi connectivity index (χ1v) is 9.20. The Labute approximate surface area is 155 Å². The van der Waals surface area contributed by atoms with E-state index in [0.717, 1.165) is 40.8 Å². The van der Waals surface area contributed by atoms with E-state index < -0.39 is 4.92 Å². The van der Waals surface area contributed by atoms with Crippen LogP contribution in [0.2, 0.25) is 0 Å². The molecular formula is C18H19N5O2S. The van der Waals surface area contributed by atoms with E-state index in [9.17, 15) is 10.1 Å². The molecule has 134 valence electrons. The van der Waals surface area contributed by atoms with Crippen LogP contribution >= 0.6 is 11.8 Å². The van der Waals surface area contributed by atoms with E-state index in [-0.39, 0.29) is 5.69 Å². The maximum atomic E-state index is 11.0. The Balaban J connectivity index is 1.68. The lowest BCUT2D eigenvalue weighted by Gasteiger charge is -2.13. The van der Waals surface area contributed by atoms with Crippen LogP contribution < -0.4 is 10.7 Å². The van der Waals surface area contributed by atoms with Crippen molar-refractivity contribution in [2.24, 2.45) is 10.1 Å². The van der Waals surface area contributed by atoms with Crippen molar-refractivity contribution in [1.29, 1.82) is 0 Å². The molecule has 1 aliphatic heterocycles. The number of nitrogens with zero attached hydrogens (tertiary/aromatic N) is 3. The Kier molecular flexibility index (Phi) is 5.85. The number of nitro groups is 1. The third-order valence-corrected chi connectivity index (χ3v) is 4.79. The monoisotopic (exact) mass is 369 g/mol. The second-order valence-corrected chi connectivity index (χ2v) is 6.76. The lowest BCUT2D eigenvalue weighted by atomic mass is 10.1. The van der Waals surface area contributed by atoms with Crippen molar-refractivity contribution >= 4 is 39.7 Å². The van der Waals surface area contributed by atoms with Crippen LogP contribution in [0.15, 0.2) is 58.6 Å². The van der Waals surface area contributed by atoms with Gasteiger partial charge in [0, 0.05) is 24.1 Å². The van der Waals surface area contributed by atoms with Crippen LogP contribution in [0, 0.1) is 10.1 Å². The number of anilines is 2. The summed E-state index contributed by atoms with van der Waals surface area (Å²) >= 11 is 1.73. The predicted octanol–water partition coefficient (Wildman–Crippen LogP) is 4.34. The molecule has 0 aromatic heterocycles. The molecule has 0 bridgehead atoms. The summed E-state index contributed by atoms with van der Waals surface area (Å²) in [6, 6.07) is 14.3. The van der Waals surface area contributed by atoms with Gasteiger partial charge >= 0.3 is 0 Å². The van der Waals surface area contributed by atoms with Crippen molar-refractivity contribution in [3.8, 4) is 0 Å². The van der Waals surface area contributed by atoms with E-state index in [0.29, 0.717) is 5.69 Å². The highest BCUT2D eigenvalue weighted by atomic mass is 32.2. The first-order valence-electron chi connectivity index (χ1n) is 8.22. The van der Waals surface area contributed by atoms with Gasteiger partial charge in [-0.3, -0.25) is 20.5 Å². The number of nitro benzene ring substituents is 1. The minimum atomic E-state index is -0.431. The summed E-state index contributed by atoms with van der Waals surface area (Å²) in [4.78, 5) is 15.1. The topological polar surface area (TPSA) is 91.9 Å². The summed E-state index contributed by atoms with van der Waals surface area (Å²) in [6.07, 6.45) is 1.12. The molecule has 2 N–H and O–H groups in total. The van der Waals surface area contributed by atoms with Crippen LogP contribution in [0.25, 0.3) is 0 Å². The molecule has 0 amide bonds. The molecule has 7 nitrogen and oxygen atoms in total. The predicted molar refractivity (Wildman–Crippen MR) is 108 cm³/mol. The fraction of sp³-hybridized carbons (Fsp3) is 0.222. The summed E-state index contributed by atoms with van der Waals surface area (Å²) in [7, 11) is 0. The summed E-state index contributed by atoms with van der Waals surface area (Å²) in [5, 5.41) is 19.6. The number of para-hydroxylation sites is 2. The van der Waals surface area contributed by atoms with Crippen LogP contribution in [0.5, 0.6) is 0 Å². The van der Waals surface area contributed by atoms with E-state index in [1.54, 1.807) is 30.0 Å². The van der Waals surface area contributed by atoms with Gasteiger partial charge in [-0.15, -0.1) is 0 Å². The molecule has 0 fully saturated rings. The lowest BCUT2D eigenvalue weighted by Crippen LogP contribution is -2.13. The Morgan fingerprint density at radius 3 is 2.69 bits per heavy atom. The van der Waals surface area contributed by atoms with Crippen LogP contribution in [0.4, 0.5) is 17.1 Å². The fourth-order valence-electron chi connectivity index (χ4n) is 2.39. The van der Waals surface area contributed by atoms with Crippen molar-refractivity contribution in [2.45, 2.75) is 13.3 Å². The largest absolute Gasteiger partial charge is 0.335 e. The zero-order valence-corrected chi connectivity index (χ0v) is 15.1. The average molecular weight is 369 g/mol. The molecule has 0 aliphatic carbocycles. The molecule has 3 rings (SSSR count). The third-order valence-electron chi connectivity index (χ3n) is 3.80. The molecule has 0 radical (unpaired) electrons. The third kappa shape index (κ3) is 4.60. The lowest BCUT2D eigenvalue weighted by molar-refractivity contribution is -0.384. The molecule has 0 saturated heterocycles. The molecule has 0 spiro atoms. The van der Waals surface area contributed by atoms with Crippen LogP contribution in [0.1, 0.15) is 18.9 Å². The van der Waals surface area contributed by atoms with E-state index in [4.69, 9.17) is 0 Å². The molecule has 0 unspecified atom stereocenters. The number of aliphatic imine (C=N–C) groups is 1. The maximum absolute atomic E-state index is 11.0. The van der Waals surface area contributed by atoms with Gasteiger partial charge in [0.1, 0.15) is 5.69 Å². The van der Waals surface area contributed by atoms with E-state index >= 15 is 0 Å². The zero-order chi connectivity index (χ0) is 18.4. The fourth-order valence-corrected chi connectivity index (χ4v) is 3.23. The van der Waals surface area contributed by atoms with Crippen LogP contribution in [0.3, 0.4) is 0 Å². The Bertz CT molecular complexity index is 849. The number of amidine groups is 1. The van der Waals surface area contributed by atoms with Gasteiger partial charge in [-0.25, -0.2) is 0 Å². The number of hydrazone groups is 1. The second-order valence-electron chi connectivity index (χ2n) is 5.67. The number of rotatable bonds is 5. The highest BCUT2D eigenvalue weighted by Crippen LogP contribution is 2.23. The molecular weight excluding hydrogens is 350 g/mol. The molecule has 8 heteroatoms. The minimum absolute atomic E-state index is 0.00523. The highest BCUT2D eigenvalue weighted by Gasteiger charge is 2.11. The first-order chi connectivity index (χ1) is 12.6. The molecule has 1 heterocycles. The Morgan fingerprint density at radius 2 is 2.00 bits per heavy atom. The van der Waals surface area contributed by atoms with Gasteiger partial charge in [0.2, 0.25) is 0 Å². The van der Waals surface area contributed by atoms with Crippen molar-refractivity contribution in [3.05, 3.63) is 64.2 Å². The van der Waals surface area contributed by atoms with Gasteiger partial charge in [0.15, 0.2) is 5.17 Å². The molecule has 1 aliphatic rings. The van der Waals surface area contributed by atoms with Crippen molar-refractivity contribution < 1.29 is 4.92 Å². The van der Waals surface area contributed by atoms with E-state index in [2.05, 4.69) is 20.8 Å². The number of benzene rings is 2. The summed E-state index contributed by atoms with van der Waals surface area (Å²) in [5.74, 6) is 1.09. The van der Waals surface area contributed by atoms with Crippen LogP contribution in [-0.2, 0) is 0 Å². The number of nitrogens with one attached hydrogen (secondary N) is 2. The van der Waals surface area contributed by atoms with Crippen molar-refractivity contribution in [1.82, 2.24) is 0 Å². The number of hydrogen-bond donors (Lipinski definition) is 2. The average Bonchev–Trinajstić information content (AvgIpc) is 2.67. The molecule has 26 heavy (non-hydrogen) atoms. The second kappa shape index (κ2) is 8.48. The molecule has 0 atom stereocenters. The first kappa shape index (κ1) is 17.9. The quantitative estimate of drug-likeness (QED) is 0.465. The van der Waals surface area contributed by atoms with E-state index in [1.165, 1.54) is 6.07 Å².